The van der Waals surface area contributed by atoms with Crippen LogP contribution >= 0.6 is 0 Å². The average molecular weight is 803 g/mol. The molecule has 10 atom stereocenters. The maximum absolute atomic E-state index is 13.3. The number of esters is 1. The number of ether oxygens (including phenoxy) is 2. The van der Waals surface area contributed by atoms with E-state index < -0.39 is 8.32 Å². The largest absolute Gasteiger partial charge is 0.466 e. The summed E-state index contributed by atoms with van der Waals surface area (Å²) in [4.78, 5) is 13.3. The lowest BCUT2D eigenvalue weighted by molar-refractivity contribution is -0.151. The fraction of sp³-hybridized carbons (Fsp3) is 0.604. The highest BCUT2D eigenvalue weighted by atomic mass is 28.4. The molecule has 7 rings (SSSR count). The van der Waals surface area contributed by atoms with Gasteiger partial charge in [-0.15, -0.1) is 0 Å². The maximum Gasteiger partial charge on any atom is 0.309 e. The Morgan fingerprint density at radius 2 is 1.47 bits per heavy atom. The minimum absolute atomic E-state index is 0.0145. The van der Waals surface area contributed by atoms with Gasteiger partial charge in [-0.05, 0) is 133 Å². The molecule has 0 aromatic heterocycles. The molecule has 4 nitrogen and oxygen atoms in total. The Hall–Kier alpha value is -2.99. The van der Waals surface area contributed by atoms with E-state index in [0.29, 0.717) is 25.0 Å². The van der Waals surface area contributed by atoms with E-state index in [2.05, 4.69) is 146 Å². The molecule has 3 aromatic rings. The maximum atomic E-state index is 13.3. The molecule has 3 aromatic carbocycles. The molecular weight excluding hydrogens is 729 g/mol. The second-order valence-electron chi connectivity index (χ2n) is 20.3. The summed E-state index contributed by atoms with van der Waals surface area (Å²) in [6.07, 6.45) is 15.3. The van der Waals surface area contributed by atoms with Crippen molar-refractivity contribution in [2.24, 2.45) is 46.3 Å². The zero-order chi connectivity index (χ0) is 41.1. The number of allylic oxidation sites excluding steroid dienone is 1. The number of hydrogen-bond acceptors (Lipinski definition) is 4. The minimum atomic E-state index is -2.62. The van der Waals surface area contributed by atoms with Gasteiger partial charge in [-0.2, -0.15) is 0 Å². The number of rotatable bonds is 15. The van der Waals surface area contributed by atoms with Crippen LogP contribution in [0.2, 0.25) is 5.04 Å². The van der Waals surface area contributed by atoms with Crippen LogP contribution in [0.15, 0.2) is 103 Å². The van der Waals surface area contributed by atoms with E-state index in [-0.39, 0.29) is 40.0 Å². The third-order valence-electron chi connectivity index (χ3n) is 16.2. The van der Waals surface area contributed by atoms with Crippen LogP contribution in [0.25, 0.3) is 0 Å². The highest BCUT2D eigenvalue weighted by Crippen LogP contribution is 2.67. The first-order valence-corrected chi connectivity index (χ1v) is 25.1. The predicted octanol–water partition coefficient (Wildman–Crippen LogP) is 12.1. The van der Waals surface area contributed by atoms with Gasteiger partial charge in [-0.25, -0.2) is 0 Å². The minimum Gasteiger partial charge on any atom is -0.466 e. The molecule has 3 fully saturated rings. The third-order valence-corrected chi connectivity index (χ3v) is 21.3. The molecule has 3 saturated carbocycles. The molecule has 58 heavy (non-hydrogen) atoms. The van der Waals surface area contributed by atoms with Crippen LogP contribution in [0.5, 0.6) is 0 Å². The second kappa shape index (κ2) is 17.9. The van der Waals surface area contributed by atoms with E-state index in [9.17, 15) is 4.79 Å². The van der Waals surface area contributed by atoms with Crippen LogP contribution in [0.1, 0.15) is 132 Å². The van der Waals surface area contributed by atoms with Gasteiger partial charge in [0.05, 0.1) is 25.2 Å². The molecule has 4 aliphatic rings. The number of carbonyl (C=O) groups is 1. The average Bonchev–Trinajstić information content (AvgIpc) is 3.58. The summed E-state index contributed by atoms with van der Waals surface area (Å²) in [7, 11) is -2.62. The topological polar surface area (TPSA) is 44.8 Å². The first-order chi connectivity index (χ1) is 27.9. The van der Waals surface area contributed by atoms with E-state index in [1.54, 1.807) is 5.57 Å². The van der Waals surface area contributed by atoms with Crippen molar-refractivity contribution in [3.05, 3.63) is 108 Å². The molecule has 0 radical (unpaired) electrons. The van der Waals surface area contributed by atoms with Crippen LogP contribution in [-0.2, 0) is 25.3 Å². The van der Waals surface area contributed by atoms with Crippen LogP contribution in [0.3, 0.4) is 0 Å². The summed E-state index contributed by atoms with van der Waals surface area (Å²) in [5.74, 6) is 2.97. The van der Waals surface area contributed by atoms with E-state index in [4.69, 9.17) is 13.9 Å². The lowest BCUT2D eigenvalue weighted by atomic mass is 9.47. The molecule has 0 bridgehead atoms. The molecule has 0 heterocycles. The van der Waals surface area contributed by atoms with E-state index >= 15 is 0 Å². The summed E-state index contributed by atoms with van der Waals surface area (Å²) in [6, 6.07) is 33.0. The Kier molecular flexibility index (Phi) is 13.3. The van der Waals surface area contributed by atoms with Gasteiger partial charge in [0.15, 0.2) is 0 Å². The van der Waals surface area contributed by atoms with Gasteiger partial charge in [-0.3, -0.25) is 4.79 Å². The highest BCUT2D eigenvalue weighted by Gasteiger charge is 2.60. The fourth-order valence-electron chi connectivity index (χ4n) is 13.3. The Morgan fingerprint density at radius 1 is 0.828 bits per heavy atom. The monoisotopic (exact) mass is 803 g/mol. The molecule has 4 aliphatic carbocycles. The van der Waals surface area contributed by atoms with Gasteiger partial charge in [0.25, 0.3) is 8.32 Å². The van der Waals surface area contributed by atoms with Gasteiger partial charge in [0.1, 0.15) is 0 Å². The van der Waals surface area contributed by atoms with E-state index in [1.165, 1.54) is 54.5 Å². The zero-order valence-electron chi connectivity index (χ0n) is 37.2. The van der Waals surface area contributed by atoms with Gasteiger partial charge >= 0.3 is 5.97 Å². The standard InChI is InChI=1S/C53H74O4Si/c1-9-20-40(50(54)55-10-2)35-49(56-37-39-21-14-11-15-22-39)38(3)46-29-30-47-45-28-27-41-36-42(31-33-52(41,7)48(45)32-34-53(46,47)8)57-58(51(4,5)6,43-23-16-12-17-24-43)44-25-18-13-19-26-44/h11-19,21-27,38,40,42,45-49H,9-10,20,28-37H2,1-8H3/t38-,40?,42-,45-,46+,47-,48-,49-,52-,53+/m0/s1. The van der Waals surface area contributed by atoms with Gasteiger partial charge in [0.2, 0.25) is 0 Å². The number of hydrogen-bond donors (Lipinski definition) is 0. The van der Waals surface area contributed by atoms with Crippen molar-refractivity contribution < 1.29 is 18.7 Å². The Labute approximate surface area is 353 Å². The molecule has 0 spiro atoms. The number of carbonyl (C=O) groups excluding carboxylic acids is 1. The van der Waals surface area contributed by atoms with Crippen molar-refractivity contribution >= 4 is 24.7 Å². The molecular formula is C53H74O4Si. The second-order valence-corrected chi connectivity index (χ2v) is 24.6. The lowest BCUT2D eigenvalue weighted by Gasteiger charge is -2.59. The van der Waals surface area contributed by atoms with Crippen LogP contribution in [0, 0.1) is 46.3 Å². The number of benzene rings is 3. The summed E-state index contributed by atoms with van der Waals surface area (Å²) < 4.78 is 20.3. The molecule has 0 amide bonds. The fourth-order valence-corrected chi connectivity index (χ4v) is 18.0. The quantitative estimate of drug-likeness (QED) is 0.0872. The molecule has 0 aliphatic heterocycles. The molecule has 0 saturated heterocycles. The molecule has 1 unspecified atom stereocenters. The summed E-state index contributed by atoms with van der Waals surface area (Å²) in [5.41, 5.74) is 3.41. The molecule has 314 valence electrons. The first kappa shape index (κ1) is 43.1. The Morgan fingerprint density at radius 3 is 2.07 bits per heavy atom. The van der Waals surface area contributed by atoms with Crippen LogP contribution in [0.4, 0.5) is 0 Å². The van der Waals surface area contributed by atoms with Crippen molar-refractivity contribution in [2.45, 2.75) is 150 Å². The molecule has 0 N–H and O–H groups in total. The van der Waals surface area contributed by atoms with Crippen molar-refractivity contribution in [1.29, 1.82) is 0 Å². The van der Waals surface area contributed by atoms with E-state index in [1.807, 2.05) is 6.92 Å². The van der Waals surface area contributed by atoms with Gasteiger partial charge in [0, 0.05) is 6.10 Å². The van der Waals surface area contributed by atoms with Crippen molar-refractivity contribution in [2.75, 3.05) is 6.61 Å². The van der Waals surface area contributed by atoms with Crippen molar-refractivity contribution in [3.63, 3.8) is 0 Å². The summed E-state index contributed by atoms with van der Waals surface area (Å²) in [5, 5.41) is 2.74. The SMILES string of the molecule is CCCC(C[C@H](OCc1ccccc1)[C@@H](C)[C@H]1CC[C@H]2[C@@H]3CC=C4C[C@@H](O[Si](c5ccccc5)(c5ccccc5)C(C)(C)C)CC[C@]4(C)[C@H]3CC[C@]12C)C(=O)OCC. The van der Waals surface area contributed by atoms with Crippen molar-refractivity contribution in [1.82, 2.24) is 0 Å². The Bertz CT molecular complexity index is 1780. The van der Waals surface area contributed by atoms with Gasteiger partial charge in [-0.1, -0.05) is 158 Å². The Balaban J connectivity index is 1.11. The molecule has 5 heteroatoms. The smallest absolute Gasteiger partial charge is 0.309 e. The lowest BCUT2D eigenvalue weighted by Crippen LogP contribution is -2.68. The van der Waals surface area contributed by atoms with Crippen molar-refractivity contribution in [3.8, 4) is 0 Å². The first-order valence-electron chi connectivity index (χ1n) is 23.2. The zero-order valence-corrected chi connectivity index (χ0v) is 38.2. The third kappa shape index (κ3) is 8.23. The highest BCUT2D eigenvalue weighted by molar-refractivity contribution is 6.99. The van der Waals surface area contributed by atoms with Crippen LogP contribution < -0.4 is 10.4 Å². The van der Waals surface area contributed by atoms with Crippen LogP contribution in [-0.4, -0.2) is 33.1 Å². The summed E-state index contributed by atoms with van der Waals surface area (Å²) in [6.45, 7) is 20.1. The normalized spacial score (nSPS) is 29.9. The van der Waals surface area contributed by atoms with Gasteiger partial charge < -0.3 is 13.9 Å². The summed E-state index contributed by atoms with van der Waals surface area (Å²) >= 11 is 0. The number of fused-ring (bicyclic) bond motifs is 5. The predicted molar refractivity (Wildman–Crippen MR) is 242 cm³/mol. The van der Waals surface area contributed by atoms with E-state index in [0.717, 1.165) is 49.9 Å².